The van der Waals surface area contributed by atoms with Crippen molar-refractivity contribution in [1.82, 2.24) is 0 Å². The Bertz CT molecular complexity index is 390. The van der Waals surface area contributed by atoms with E-state index >= 15 is 0 Å². The summed E-state index contributed by atoms with van der Waals surface area (Å²) < 4.78 is 11.9. The second kappa shape index (κ2) is 3.78. The lowest BCUT2D eigenvalue weighted by atomic mass is 9.60. The summed E-state index contributed by atoms with van der Waals surface area (Å²) in [6.45, 7) is 2.85. The maximum absolute atomic E-state index is 9.66. The van der Waals surface area contributed by atoms with Gasteiger partial charge in [-0.1, -0.05) is 0 Å². The van der Waals surface area contributed by atoms with Crippen LogP contribution in [-0.4, -0.2) is 38.1 Å². The number of ether oxygens (including phenoxy) is 2. The van der Waals surface area contributed by atoms with Crippen LogP contribution in [0.15, 0.2) is 15.9 Å². The van der Waals surface area contributed by atoms with Gasteiger partial charge in [-0.3, -0.25) is 0 Å². The Morgan fingerprint density at radius 1 is 1.25 bits per heavy atom. The highest BCUT2D eigenvalue weighted by Crippen LogP contribution is 2.53. The zero-order chi connectivity index (χ0) is 11.2. The number of halogens is 1. The Hall–Kier alpha value is 0.0600. The number of aliphatic hydroxyl groups excluding tert-OH is 1. The van der Waals surface area contributed by atoms with Crippen LogP contribution in [0.2, 0.25) is 0 Å². The van der Waals surface area contributed by atoms with E-state index in [0.29, 0.717) is 26.4 Å². The van der Waals surface area contributed by atoms with Crippen molar-refractivity contribution in [2.45, 2.75) is 5.41 Å². The molecule has 88 valence electrons. The van der Waals surface area contributed by atoms with Crippen LogP contribution in [-0.2, 0) is 14.9 Å². The quantitative estimate of drug-likeness (QED) is 0.925. The minimum absolute atomic E-state index is 0.0311. The van der Waals surface area contributed by atoms with Gasteiger partial charge in [0, 0.05) is 4.88 Å². The summed E-state index contributed by atoms with van der Waals surface area (Å²) in [5.74, 6) is 0. The van der Waals surface area contributed by atoms with Crippen LogP contribution >= 0.6 is 27.3 Å². The number of hydrogen-bond acceptors (Lipinski definition) is 4. The van der Waals surface area contributed by atoms with Crippen LogP contribution in [0.5, 0.6) is 0 Å². The molecular weight excluding hydrogens is 292 g/mol. The zero-order valence-electron chi connectivity index (χ0n) is 8.74. The first-order valence-electron chi connectivity index (χ1n) is 5.25. The molecule has 5 heteroatoms. The van der Waals surface area contributed by atoms with Crippen molar-refractivity contribution >= 4 is 27.3 Å². The number of aliphatic hydroxyl groups is 1. The van der Waals surface area contributed by atoms with Gasteiger partial charge >= 0.3 is 0 Å². The Labute approximate surface area is 107 Å². The molecule has 1 N–H and O–H groups in total. The van der Waals surface area contributed by atoms with Crippen LogP contribution in [0.4, 0.5) is 0 Å². The van der Waals surface area contributed by atoms with E-state index in [0.717, 1.165) is 3.79 Å². The topological polar surface area (TPSA) is 38.7 Å². The fourth-order valence-corrected chi connectivity index (χ4v) is 4.12. The maximum atomic E-state index is 9.66. The summed E-state index contributed by atoms with van der Waals surface area (Å²) >= 11 is 5.22. The molecule has 3 rings (SSSR count). The molecule has 0 saturated carbocycles. The van der Waals surface area contributed by atoms with Crippen molar-refractivity contribution in [3.8, 4) is 0 Å². The second-order valence-electron chi connectivity index (χ2n) is 4.61. The molecule has 1 aromatic rings. The third-order valence-electron chi connectivity index (χ3n) is 3.82. The van der Waals surface area contributed by atoms with E-state index in [1.54, 1.807) is 11.3 Å². The molecule has 0 spiro atoms. The summed E-state index contributed by atoms with van der Waals surface area (Å²) in [5, 5.41) is 9.66. The predicted octanol–water partition coefficient (Wildman–Crippen LogP) is 1.79. The Morgan fingerprint density at radius 2 is 1.94 bits per heavy atom. The Morgan fingerprint density at radius 3 is 2.25 bits per heavy atom. The minimum Gasteiger partial charge on any atom is -0.396 e. The molecule has 3 nitrogen and oxygen atoms in total. The fourth-order valence-electron chi connectivity index (χ4n) is 2.45. The predicted molar refractivity (Wildman–Crippen MR) is 64.9 cm³/mol. The summed E-state index contributed by atoms with van der Waals surface area (Å²) in [5.41, 5.74) is -0.160. The van der Waals surface area contributed by atoms with Crippen molar-refractivity contribution in [2.75, 3.05) is 33.0 Å². The standard InChI is InChI=1S/C11H13BrO3S/c12-9-2-1-8(16-9)11(6-15-7-11)10(3-13)4-14-5-10/h1-2,13H,3-7H2. The van der Waals surface area contributed by atoms with E-state index in [9.17, 15) is 5.11 Å². The first-order chi connectivity index (χ1) is 7.72. The van der Waals surface area contributed by atoms with Gasteiger partial charge in [0.2, 0.25) is 0 Å². The van der Waals surface area contributed by atoms with Crippen LogP contribution in [0.1, 0.15) is 4.88 Å². The van der Waals surface area contributed by atoms with Crippen molar-refractivity contribution in [3.05, 3.63) is 20.8 Å². The van der Waals surface area contributed by atoms with Crippen LogP contribution in [0, 0.1) is 5.41 Å². The van der Waals surface area contributed by atoms with Gasteiger partial charge < -0.3 is 14.6 Å². The molecule has 2 aliphatic rings. The molecule has 2 saturated heterocycles. The van der Waals surface area contributed by atoms with E-state index in [-0.39, 0.29) is 17.4 Å². The largest absolute Gasteiger partial charge is 0.396 e. The van der Waals surface area contributed by atoms with Crippen molar-refractivity contribution in [1.29, 1.82) is 0 Å². The number of rotatable bonds is 3. The van der Waals surface area contributed by atoms with Gasteiger partial charge in [-0.05, 0) is 28.1 Å². The van der Waals surface area contributed by atoms with Gasteiger partial charge in [-0.15, -0.1) is 11.3 Å². The van der Waals surface area contributed by atoms with E-state index in [4.69, 9.17) is 9.47 Å². The third kappa shape index (κ3) is 1.29. The molecule has 2 fully saturated rings. The van der Waals surface area contributed by atoms with Crippen molar-refractivity contribution in [2.24, 2.45) is 5.41 Å². The summed E-state index contributed by atoms with van der Waals surface area (Å²) in [4.78, 5) is 1.29. The zero-order valence-corrected chi connectivity index (χ0v) is 11.1. The average Bonchev–Trinajstić information content (AvgIpc) is 2.55. The highest BCUT2D eigenvalue weighted by Gasteiger charge is 2.61. The van der Waals surface area contributed by atoms with Gasteiger partial charge in [-0.2, -0.15) is 0 Å². The first-order valence-corrected chi connectivity index (χ1v) is 6.86. The molecule has 0 amide bonds. The molecule has 3 heterocycles. The third-order valence-corrected chi connectivity index (χ3v) is 5.64. The lowest BCUT2D eigenvalue weighted by molar-refractivity contribution is -0.241. The Balaban J connectivity index is 1.99. The summed E-state index contributed by atoms with van der Waals surface area (Å²) in [6, 6.07) is 4.19. The summed E-state index contributed by atoms with van der Waals surface area (Å²) in [7, 11) is 0. The molecule has 16 heavy (non-hydrogen) atoms. The van der Waals surface area contributed by atoms with Crippen molar-refractivity contribution < 1.29 is 14.6 Å². The molecule has 0 aromatic carbocycles. The number of thiophene rings is 1. The van der Waals surface area contributed by atoms with E-state index in [1.165, 1.54) is 4.88 Å². The highest BCUT2D eigenvalue weighted by atomic mass is 79.9. The Kier molecular flexibility index (Phi) is 2.64. The molecular formula is C11H13BrO3S. The van der Waals surface area contributed by atoms with Gasteiger partial charge in [0.15, 0.2) is 0 Å². The van der Waals surface area contributed by atoms with Crippen molar-refractivity contribution in [3.63, 3.8) is 0 Å². The fraction of sp³-hybridized carbons (Fsp3) is 0.636. The van der Waals surface area contributed by atoms with E-state index in [2.05, 4.69) is 28.1 Å². The first kappa shape index (κ1) is 11.2. The van der Waals surface area contributed by atoms with Gasteiger partial charge in [0.05, 0.1) is 47.7 Å². The van der Waals surface area contributed by atoms with Gasteiger partial charge in [-0.25, -0.2) is 0 Å². The molecule has 1 aromatic heterocycles. The highest BCUT2D eigenvalue weighted by molar-refractivity contribution is 9.11. The van der Waals surface area contributed by atoms with Crippen LogP contribution < -0.4 is 0 Å². The molecule has 0 atom stereocenters. The summed E-state index contributed by atoms with van der Waals surface area (Å²) in [6.07, 6.45) is 0. The van der Waals surface area contributed by atoms with Gasteiger partial charge in [0.1, 0.15) is 0 Å². The SMILES string of the molecule is OCC1(C2(c3ccc(Br)s3)COC2)COC1. The molecule has 2 aliphatic heterocycles. The number of hydrogen-bond donors (Lipinski definition) is 1. The molecule has 0 bridgehead atoms. The monoisotopic (exact) mass is 304 g/mol. The smallest absolute Gasteiger partial charge is 0.0701 e. The molecule has 0 aliphatic carbocycles. The normalized spacial score (nSPS) is 25.9. The van der Waals surface area contributed by atoms with E-state index < -0.39 is 0 Å². The maximum Gasteiger partial charge on any atom is 0.0701 e. The van der Waals surface area contributed by atoms with Gasteiger partial charge in [0.25, 0.3) is 0 Å². The minimum atomic E-state index is -0.129. The average molecular weight is 305 g/mol. The lowest BCUT2D eigenvalue weighted by Gasteiger charge is -2.58. The second-order valence-corrected chi connectivity index (χ2v) is 7.07. The molecule has 0 unspecified atom stereocenters. The van der Waals surface area contributed by atoms with Crippen LogP contribution in [0.25, 0.3) is 0 Å². The van der Waals surface area contributed by atoms with Crippen LogP contribution in [0.3, 0.4) is 0 Å². The lowest BCUT2D eigenvalue weighted by Crippen LogP contribution is -2.68. The van der Waals surface area contributed by atoms with E-state index in [1.807, 2.05) is 0 Å². The molecule has 0 radical (unpaired) electrons.